The minimum Gasteiger partial charge on any atom is -0.510 e. The van der Waals surface area contributed by atoms with Crippen LogP contribution in [0.5, 0.6) is 5.75 Å². The summed E-state index contributed by atoms with van der Waals surface area (Å²) >= 11 is 0. The molecule has 3 aliphatic rings. The van der Waals surface area contributed by atoms with Crippen molar-refractivity contribution in [1.29, 1.82) is 0 Å². The molecule has 0 spiro atoms. The number of anilines is 1. The Morgan fingerprint density at radius 3 is 2.33 bits per heavy atom. The first-order valence-electron chi connectivity index (χ1n) is 12.0. The number of ether oxygens (including phenoxy) is 1. The number of nitrogens with two attached hydrogens (primary N) is 1. The van der Waals surface area contributed by atoms with Crippen LogP contribution in [0.2, 0.25) is 0 Å². The number of nitrogens with zero attached hydrogens (tertiary/aromatic N) is 2. The van der Waals surface area contributed by atoms with Crippen LogP contribution in [0.4, 0.5) is 5.69 Å². The maximum absolute atomic E-state index is 13.9. The van der Waals surface area contributed by atoms with Gasteiger partial charge in [-0.2, -0.15) is 0 Å². The zero-order valence-electron chi connectivity index (χ0n) is 22.0. The van der Waals surface area contributed by atoms with E-state index in [0.29, 0.717) is 11.3 Å². The monoisotopic (exact) mass is 539 g/mol. The zero-order valence-corrected chi connectivity index (χ0v) is 22.0. The lowest BCUT2D eigenvalue weighted by Gasteiger charge is -2.50. The van der Waals surface area contributed by atoms with Gasteiger partial charge < -0.3 is 35.8 Å². The number of methoxy groups -OCH3 is 1. The standard InChI is InChI=1S/C27H29N3O9/c1-29(2)15-10-11(6-7-16(31)39-5)21(32)18-13(15)8-12-9-14-20(30(3)4)23(34)19(26(28)37)25(36)27(14,38)24(35)17(12)22(18)33/h10,12,14,20,32,34-35,38H,8-9H2,1-5H3,(H2,28,37)/t12-,14-,20+,27+/m1/s1. The smallest absolute Gasteiger partial charge is 0.384 e. The molecule has 206 valence electrons. The topological polar surface area (TPSA) is 191 Å². The number of benzene rings is 1. The molecule has 0 heterocycles. The van der Waals surface area contributed by atoms with Crippen LogP contribution in [0.25, 0.3) is 0 Å². The highest BCUT2D eigenvalue weighted by molar-refractivity contribution is 6.25. The van der Waals surface area contributed by atoms with Gasteiger partial charge in [-0.3, -0.25) is 19.3 Å². The van der Waals surface area contributed by atoms with E-state index < -0.39 is 69.8 Å². The fourth-order valence-electron chi connectivity index (χ4n) is 5.96. The Morgan fingerprint density at radius 2 is 1.79 bits per heavy atom. The Labute approximate surface area is 223 Å². The Hall–Kier alpha value is -4.34. The average Bonchev–Trinajstić information content (AvgIpc) is 2.84. The number of esters is 1. The molecule has 39 heavy (non-hydrogen) atoms. The van der Waals surface area contributed by atoms with E-state index >= 15 is 0 Å². The maximum Gasteiger partial charge on any atom is 0.384 e. The van der Waals surface area contributed by atoms with Crippen molar-refractivity contribution in [3.05, 3.63) is 45.4 Å². The van der Waals surface area contributed by atoms with Gasteiger partial charge in [-0.05, 0) is 44.5 Å². The van der Waals surface area contributed by atoms with Crippen LogP contribution in [0.1, 0.15) is 27.9 Å². The maximum atomic E-state index is 13.9. The first kappa shape index (κ1) is 27.7. The number of carbonyl (C=O) groups is 4. The SMILES string of the molecule is COC(=O)C#Cc1cc(N(C)C)c2c(c1O)C(=O)C1=C(O)[C@]3(O)C(=O)C(C(N)=O)=C(O)[C@@H](N(C)C)[C@H]3C[C@H]1C2. The molecule has 0 saturated carbocycles. The van der Waals surface area contributed by atoms with Crippen LogP contribution < -0.4 is 10.6 Å². The molecule has 3 aliphatic carbocycles. The summed E-state index contributed by atoms with van der Waals surface area (Å²) in [6.07, 6.45) is 0.101. The third-order valence-electron chi connectivity index (χ3n) is 7.67. The molecule has 1 aromatic rings. The number of primary amides is 1. The molecule has 0 unspecified atom stereocenters. The van der Waals surface area contributed by atoms with Crippen LogP contribution in [-0.4, -0.2) is 95.7 Å². The van der Waals surface area contributed by atoms with Crippen molar-refractivity contribution in [2.45, 2.75) is 24.5 Å². The molecule has 0 bridgehead atoms. The van der Waals surface area contributed by atoms with Gasteiger partial charge in [0.2, 0.25) is 5.78 Å². The van der Waals surface area contributed by atoms with Gasteiger partial charge in [0, 0.05) is 37.2 Å². The summed E-state index contributed by atoms with van der Waals surface area (Å²) in [5.41, 5.74) is 2.18. The summed E-state index contributed by atoms with van der Waals surface area (Å²) in [6, 6.07) is 0.444. The number of Topliss-reactive ketones (excluding diaryl/α,β-unsaturated/α-hetero) is 2. The van der Waals surface area contributed by atoms with Gasteiger partial charge in [-0.1, -0.05) is 5.92 Å². The normalized spacial score (nSPS) is 25.9. The second-order valence-corrected chi connectivity index (χ2v) is 10.2. The first-order valence-corrected chi connectivity index (χ1v) is 12.0. The molecule has 0 aromatic heterocycles. The number of hydrogen-bond donors (Lipinski definition) is 5. The number of phenols is 1. The van der Waals surface area contributed by atoms with Crippen molar-refractivity contribution < 1.29 is 44.3 Å². The number of allylic oxidation sites excluding steroid dienone is 1. The number of aliphatic hydroxyl groups excluding tert-OH is 2. The van der Waals surface area contributed by atoms with E-state index in [2.05, 4.69) is 16.6 Å². The Balaban J connectivity index is 1.98. The van der Waals surface area contributed by atoms with Gasteiger partial charge in [0.1, 0.15) is 22.8 Å². The van der Waals surface area contributed by atoms with Crippen molar-refractivity contribution >= 4 is 29.1 Å². The summed E-state index contributed by atoms with van der Waals surface area (Å²) in [5, 5.41) is 45.0. The van der Waals surface area contributed by atoms with E-state index in [1.54, 1.807) is 33.1 Å². The number of rotatable bonds is 3. The number of amides is 1. The molecule has 0 aliphatic heterocycles. The number of fused-ring (bicyclic) bond motifs is 3. The molecule has 0 radical (unpaired) electrons. The predicted octanol–water partition coefficient (Wildman–Crippen LogP) is -0.289. The van der Waals surface area contributed by atoms with E-state index in [1.807, 2.05) is 0 Å². The van der Waals surface area contributed by atoms with Crippen molar-refractivity contribution in [1.82, 2.24) is 4.90 Å². The van der Waals surface area contributed by atoms with Gasteiger partial charge in [0.15, 0.2) is 11.4 Å². The van der Waals surface area contributed by atoms with Crippen molar-refractivity contribution in [3.8, 4) is 17.6 Å². The number of carbonyl (C=O) groups excluding carboxylic acids is 4. The molecule has 4 rings (SSSR count). The molecule has 1 amide bonds. The number of aliphatic hydroxyl groups is 3. The van der Waals surface area contributed by atoms with Gasteiger partial charge in [0.25, 0.3) is 5.91 Å². The molecule has 12 heteroatoms. The molecule has 4 atom stereocenters. The first-order chi connectivity index (χ1) is 18.2. The van der Waals surface area contributed by atoms with Crippen LogP contribution >= 0.6 is 0 Å². The van der Waals surface area contributed by atoms with E-state index in [9.17, 15) is 39.6 Å². The lowest BCUT2D eigenvalue weighted by atomic mass is 9.58. The predicted molar refractivity (Wildman–Crippen MR) is 137 cm³/mol. The third kappa shape index (κ3) is 3.93. The van der Waals surface area contributed by atoms with Crippen molar-refractivity contribution in [2.24, 2.45) is 17.6 Å². The molecule has 0 saturated heterocycles. The Kier molecular flexibility index (Phi) is 6.70. The Bertz CT molecular complexity index is 1460. The summed E-state index contributed by atoms with van der Waals surface area (Å²) in [5.74, 6) is -3.58. The minimum atomic E-state index is -2.73. The second kappa shape index (κ2) is 9.44. The highest BCUT2D eigenvalue weighted by atomic mass is 16.5. The summed E-state index contributed by atoms with van der Waals surface area (Å²) in [7, 11) is 7.69. The zero-order chi connectivity index (χ0) is 29.1. The minimum absolute atomic E-state index is 0.0245. The van der Waals surface area contributed by atoms with E-state index in [4.69, 9.17) is 5.73 Å². The summed E-state index contributed by atoms with van der Waals surface area (Å²) in [6.45, 7) is 0. The lowest BCUT2D eigenvalue weighted by Crippen LogP contribution is -2.63. The number of aromatic hydroxyl groups is 1. The molecule has 0 fully saturated rings. The number of hydrogen-bond acceptors (Lipinski definition) is 11. The molecule has 6 N–H and O–H groups in total. The van der Waals surface area contributed by atoms with E-state index in [0.717, 1.165) is 7.11 Å². The van der Waals surface area contributed by atoms with Gasteiger partial charge in [-0.25, -0.2) is 4.79 Å². The van der Waals surface area contributed by atoms with Crippen molar-refractivity contribution in [3.63, 3.8) is 0 Å². The van der Waals surface area contributed by atoms with Gasteiger partial charge in [-0.15, -0.1) is 0 Å². The van der Waals surface area contributed by atoms with Gasteiger partial charge in [0.05, 0.1) is 24.3 Å². The van der Waals surface area contributed by atoms with E-state index in [-0.39, 0.29) is 29.5 Å². The molecular formula is C27H29N3O9. The van der Waals surface area contributed by atoms with Crippen molar-refractivity contribution in [2.75, 3.05) is 40.2 Å². The lowest BCUT2D eigenvalue weighted by molar-refractivity contribution is -0.148. The van der Waals surface area contributed by atoms with E-state index in [1.165, 1.54) is 11.0 Å². The third-order valence-corrected chi connectivity index (χ3v) is 7.67. The van der Waals surface area contributed by atoms with Gasteiger partial charge >= 0.3 is 5.97 Å². The van der Waals surface area contributed by atoms with Crippen LogP contribution in [-0.2, 0) is 25.5 Å². The fraction of sp³-hybridized carbons (Fsp3) is 0.407. The fourth-order valence-corrected chi connectivity index (χ4v) is 5.96. The second-order valence-electron chi connectivity index (χ2n) is 10.2. The van der Waals surface area contributed by atoms with Crippen LogP contribution in [0.15, 0.2) is 28.7 Å². The van der Waals surface area contributed by atoms with Crippen LogP contribution in [0, 0.1) is 23.7 Å². The molecular weight excluding hydrogens is 510 g/mol. The highest BCUT2D eigenvalue weighted by Crippen LogP contribution is 2.53. The number of ketones is 2. The number of likely N-dealkylation sites (N-methyl/N-ethyl adjacent to an activating group) is 1. The number of phenolic OH excluding ortho intramolecular Hbond substituents is 1. The van der Waals surface area contributed by atoms with Crippen LogP contribution in [0.3, 0.4) is 0 Å². The largest absolute Gasteiger partial charge is 0.510 e. The average molecular weight is 540 g/mol. The molecule has 1 aromatic carbocycles. The highest BCUT2D eigenvalue weighted by Gasteiger charge is 2.63. The quantitative estimate of drug-likeness (QED) is 0.193. The summed E-state index contributed by atoms with van der Waals surface area (Å²) < 4.78 is 4.51. The Morgan fingerprint density at radius 1 is 1.15 bits per heavy atom. The summed E-state index contributed by atoms with van der Waals surface area (Å²) in [4.78, 5) is 54.1. The molecule has 12 nitrogen and oxygen atoms in total.